The van der Waals surface area contributed by atoms with Crippen LogP contribution in [0.4, 0.5) is 0 Å². The van der Waals surface area contributed by atoms with Crippen LogP contribution < -0.4 is 5.63 Å². The molecule has 1 N–H and O–H groups in total. The highest BCUT2D eigenvalue weighted by atomic mass is 16.4. The maximum Gasteiger partial charge on any atom is 0.335 e. The van der Waals surface area contributed by atoms with Gasteiger partial charge in [0.2, 0.25) is 0 Å². The van der Waals surface area contributed by atoms with Gasteiger partial charge in [-0.25, -0.2) is 4.79 Å². The summed E-state index contributed by atoms with van der Waals surface area (Å²) in [5, 5.41) is 10.2. The first-order valence-corrected chi connectivity index (χ1v) is 11.1. The maximum atomic E-state index is 13.3. The Morgan fingerprint density at radius 3 is 2.64 bits per heavy atom. The Morgan fingerprint density at radius 1 is 1.07 bits per heavy atom. The van der Waals surface area contributed by atoms with Gasteiger partial charge in [-0.2, -0.15) is 0 Å². The number of ketones is 1. The molecule has 4 fully saturated rings. The highest BCUT2D eigenvalue weighted by Crippen LogP contribution is 2.68. The molecule has 4 aliphatic carbocycles. The third kappa shape index (κ3) is 2.52. The van der Waals surface area contributed by atoms with Gasteiger partial charge in [-0.05, 0) is 91.1 Å². The van der Waals surface area contributed by atoms with Crippen molar-refractivity contribution in [3.8, 4) is 0 Å². The molecule has 152 valence electrons. The molecule has 0 radical (unpaired) electrons. The Bertz CT molecular complexity index is 843. The third-order valence-corrected chi connectivity index (χ3v) is 9.53. The molecule has 1 aromatic rings. The van der Waals surface area contributed by atoms with Crippen molar-refractivity contribution < 1.29 is 14.3 Å². The molecule has 1 heterocycles. The molecule has 4 saturated carbocycles. The van der Waals surface area contributed by atoms with Gasteiger partial charge in [0, 0.05) is 18.4 Å². The van der Waals surface area contributed by atoms with E-state index >= 15 is 0 Å². The quantitative estimate of drug-likeness (QED) is 0.784. The SMILES string of the molecule is C[C@]12CC[C@H](O)CC1CCC1C2CC[C@]2(C)C(c3ccoc(=O)c3)CC(=O)[C@H]12. The molecule has 0 aromatic carbocycles. The lowest BCUT2D eigenvalue weighted by molar-refractivity contribution is -0.143. The molecule has 0 bridgehead atoms. The fourth-order valence-corrected chi connectivity index (χ4v) is 8.14. The van der Waals surface area contributed by atoms with Crippen LogP contribution in [-0.4, -0.2) is 17.0 Å². The van der Waals surface area contributed by atoms with Crippen molar-refractivity contribution in [3.63, 3.8) is 0 Å². The number of Topliss-reactive ketones (excluding diaryl/α,β-unsaturated/α-hetero) is 1. The number of hydrogen-bond acceptors (Lipinski definition) is 4. The van der Waals surface area contributed by atoms with Crippen molar-refractivity contribution in [3.05, 3.63) is 34.4 Å². The van der Waals surface area contributed by atoms with Crippen molar-refractivity contribution in [2.45, 2.75) is 77.2 Å². The van der Waals surface area contributed by atoms with Gasteiger partial charge in [-0.1, -0.05) is 13.8 Å². The molecule has 0 amide bonds. The van der Waals surface area contributed by atoms with Gasteiger partial charge in [0.1, 0.15) is 5.78 Å². The van der Waals surface area contributed by atoms with Crippen molar-refractivity contribution in [1.82, 2.24) is 0 Å². The van der Waals surface area contributed by atoms with E-state index in [1.807, 2.05) is 6.07 Å². The molecule has 1 aromatic heterocycles. The van der Waals surface area contributed by atoms with Gasteiger partial charge < -0.3 is 9.52 Å². The Labute approximate surface area is 166 Å². The smallest absolute Gasteiger partial charge is 0.335 e. The highest BCUT2D eigenvalue weighted by molar-refractivity contribution is 5.86. The monoisotopic (exact) mass is 384 g/mol. The number of carbonyl (C=O) groups excluding carboxylic acids is 1. The summed E-state index contributed by atoms with van der Waals surface area (Å²) in [6, 6.07) is 3.48. The van der Waals surface area contributed by atoms with E-state index in [0.717, 1.165) is 44.1 Å². The summed E-state index contributed by atoms with van der Waals surface area (Å²) < 4.78 is 4.93. The molecule has 5 rings (SSSR count). The fraction of sp³-hybridized carbons (Fsp3) is 0.750. The molecule has 0 aliphatic heterocycles. The van der Waals surface area contributed by atoms with Crippen LogP contribution in [0.15, 0.2) is 27.6 Å². The molecule has 4 unspecified atom stereocenters. The Balaban J connectivity index is 1.49. The first-order valence-electron chi connectivity index (χ1n) is 11.1. The standard InChI is InChI=1S/C24H32O4/c1-23-8-5-16(25)12-15(23)3-4-17-18(23)6-9-24(2)19(13-20(26)22(17)24)14-7-10-28-21(27)11-14/h7,10-11,15-19,22,25H,3-6,8-9,12-13H2,1-2H3/t15?,16-,17?,18?,19?,22-,23-,24+/m0/s1. The molecule has 0 saturated heterocycles. The van der Waals surface area contributed by atoms with Crippen LogP contribution in [0, 0.1) is 34.5 Å². The lowest BCUT2D eigenvalue weighted by atomic mass is 9.44. The van der Waals surface area contributed by atoms with Gasteiger partial charge >= 0.3 is 5.63 Å². The van der Waals surface area contributed by atoms with Crippen LogP contribution >= 0.6 is 0 Å². The van der Waals surface area contributed by atoms with Crippen molar-refractivity contribution in [1.29, 1.82) is 0 Å². The number of aliphatic hydroxyl groups is 1. The van der Waals surface area contributed by atoms with Crippen molar-refractivity contribution in [2.75, 3.05) is 0 Å². The molecule has 0 spiro atoms. The maximum absolute atomic E-state index is 13.3. The zero-order valence-corrected chi connectivity index (χ0v) is 17.0. The fourth-order valence-electron chi connectivity index (χ4n) is 8.14. The summed E-state index contributed by atoms with van der Waals surface area (Å²) in [6.45, 7) is 4.75. The lowest BCUT2D eigenvalue weighted by Crippen LogP contribution is -2.54. The molecule has 28 heavy (non-hydrogen) atoms. The third-order valence-electron chi connectivity index (χ3n) is 9.53. The predicted octanol–water partition coefficient (Wildman–Crippen LogP) is 4.31. The van der Waals surface area contributed by atoms with Gasteiger partial charge in [0.15, 0.2) is 0 Å². The summed E-state index contributed by atoms with van der Waals surface area (Å²) in [5.41, 5.74) is 0.882. The Kier molecular flexibility index (Phi) is 4.18. The molecule has 4 aliphatic rings. The number of rotatable bonds is 1. The van der Waals surface area contributed by atoms with Gasteiger partial charge in [0.25, 0.3) is 0 Å². The number of fused-ring (bicyclic) bond motifs is 5. The van der Waals surface area contributed by atoms with Crippen LogP contribution in [0.25, 0.3) is 0 Å². The summed E-state index contributed by atoms with van der Waals surface area (Å²) in [4.78, 5) is 25.1. The second-order valence-electron chi connectivity index (χ2n) is 10.6. The Hall–Kier alpha value is -1.42. The summed E-state index contributed by atoms with van der Waals surface area (Å²) in [7, 11) is 0. The predicted molar refractivity (Wildman–Crippen MR) is 106 cm³/mol. The second-order valence-corrected chi connectivity index (χ2v) is 10.6. The lowest BCUT2D eigenvalue weighted by Gasteiger charge is -2.60. The van der Waals surface area contributed by atoms with Crippen molar-refractivity contribution in [2.24, 2.45) is 34.5 Å². The minimum atomic E-state index is -0.320. The first kappa shape index (κ1) is 18.6. The van der Waals surface area contributed by atoms with E-state index in [9.17, 15) is 14.7 Å². The van der Waals surface area contributed by atoms with Crippen LogP contribution in [0.2, 0.25) is 0 Å². The van der Waals surface area contributed by atoms with Crippen molar-refractivity contribution >= 4 is 5.78 Å². The van der Waals surface area contributed by atoms with E-state index < -0.39 is 0 Å². The summed E-state index contributed by atoms with van der Waals surface area (Å²) >= 11 is 0. The van der Waals surface area contributed by atoms with E-state index in [0.29, 0.717) is 30.0 Å². The minimum Gasteiger partial charge on any atom is -0.431 e. The largest absolute Gasteiger partial charge is 0.431 e. The van der Waals surface area contributed by atoms with Gasteiger partial charge in [-0.3, -0.25) is 4.79 Å². The average Bonchev–Trinajstić information content (AvgIpc) is 2.93. The molecule has 4 heteroatoms. The summed E-state index contributed by atoms with van der Waals surface area (Å²) in [5.74, 6) is 2.33. The number of aliphatic hydroxyl groups excluding tert-OH is 1. The number of hydrogen-bond donors (Lipinski definition) is 1. The van der Waals surface area contributed by atoms with E-state index in [1.54, 1.807) is 6.07 Å². The van der Waals surface area contributed by atoms with Crippen LogP contribution in [-0.2, 0) is 4.79 Å². The first-order chi connectivity index (χ1) is 13.3. The summed E-state index contributed by atoms with van der Waals surface area (Å²) in [6.07, 6.45) is 9.35. The van der Waals surface area contributed by atoms with Gasteiger partial charge in [-0.15, -0.1) is 0 Å². The number of carbonyl (C=O) groups is 1. The minimum absolute atomic E-state index is 0.0522. The zero-order valence-electron chi connectivity index (χ0n) is 17.0. The molecular formula is C24H32O4. The second kappa shape index (κ2) is 6.29. The highest BCUT2D eigenvalue weighted by Gasteiger charge is 2.63. The molecule has 8 atom stereocenters. The van der Waals surface area contributed by atoms with E-state index in [-0.39, 0.29) is 34.4 Å². The van der Waals surface area contributed by atoms with E-state index in [4.69, 9.17) is 4.42 Å². The van der Waals surface area contributed by atoms with Crippen LogP contribution in [0.5, 0.6) is 0 Å². The normalized spacial score (nSPS) is 47.9. The zero-order chi connectivity index (χ0) is 19.7. The van der Waals surface area contributed by atoms with Crippen LogP contribution in [0.1, 0.15) is 76.7 Å². The Morgan fingerprint density at radius 2 is 1.86 bits per heavy atom. The average molecular weight is 385 g/mol. The molecule has 4 nitrogen and oxygen atoms in total. The topological polar surface area (TPSA) is 67.5 Å². The van der Waals surface area contributed by atoms with E-state index in [2.05, 4.69) is 13.8 Å². The van der Waals surface area contributed by atoms with Crippen LogP contribution in [0.3, 0.4) is 0 Å². The van der Waals surface area contributed by atoms with Gasteiger partial charge in [0.05, 0.1) is 12.4 Å². The van der Waals surface area contributed by atoms with E-state index in [1.165, 1.54) is 12.7 Å². The molecular weight excluding hydrogens is 352 g/mol.